The fourth-order valence-corrected chi connectivity index (χ4v) is 2.08. The SMILES string of the molecule is CC(C)(C)[S@+]([O-])N=C(CCCCl)c1nc(F)ccc1F. The quantitative estimate of drug-likeness (QED) is 0.360. The molecule has 112 valence electrons. The van der Waals surface area contributed by atoms with Crippen LogP contribution in [-0.4, -0.2) is 25.9 Å². The highest BCUT2D eigenvalue weighted by Gasteiger charge is 2.28. The van der Waals surface area contributed by atoms with Crippen molar-refractivity contribution < 1.29 is 13.3 Å². The van der Waals surface area contributed by atoms with Gasteiger partial charge in [-0.05, 0) is 45.7 Å². The minimum absolute atomic E-state index is 0.177. The van der Waals surface area contributed by atoms with Crippen molar-refractivity contribution in [1.29, 1.82) is 0 Å². The maximum absolute atomic E-state index is 13.8. The van der Waals surface area contributed by atoms with Crippen molar-refractivity contribution in [1.82, 2.24) is 4.98 Å². The molecule has 0 aliphatic heterocycles. The van der Waals surface area contributed by atoms with Gasteiger partial charge in [0.25, 0.3) is 0 Å². The van der Waals surface area contributed by atoms with Gasteiger partial charge in [-0.2, -0.15) is 4.39 Å². The third-order valence-corrected chi connectivity index (χ3v) is 4.05. The van der Waals surface area contributed by atoms with Crippen molar-refractivity contribution in [2.75, 3.05) is 5.88 Å². The Morgan fingerprint density at radius 2 is 2.05 bits per heavy atom. The fourth-order valence-electron chi connectivity index (χ4n) is 1.30. The number of hydrogen-bond acceptors (Lipinski definition) is 3. The third-order valence-electron chi connectivity index (χ3n) is 2.35. The highest BCUT2D eigenvalue weighted by atomic mass is 35.5. The molecule has 0 bridgehead atoms. The molecule has 7 heteroatoms. The summed E-state index contributed by atoms with van der Waals surface area (Å²) in [6, 6.07) is 1.91. The highest BCUT2D eigenvalue weighted by Crippen LogP contribution is 2.20. The van der Waals surface area contributed by atoms with Gasteiger partial charge in [-0.1, -0.05) is 4.40 Å². The molecule has 0 aliphatic rings. The van der Waals surface area contributed by atoms with Crippen molar-refractivity contribution in [3.63, 3.8) is 0 Å². The first-order chi connectivity index (χ1) is 9.25. The van der Waals surface area contributed by atoms with E-state index in [9.17, 15) is 13.3 Å². The van der Waals surface area contributed by atoms with Crippen LogP contribution in [0.1, 0.15) is 39.3 Å². The van der Waals surface area contributed by atoms with Crippen LogP contribution in [0.2, 0.25) is 0 Å². The van der Waals surface area contributed by atoms with Crippen LogP contribution >= 0.6 is 11.6 Å². The summed E-state index contributed by atoms with van der Waals surface area (Å²) in [7, 11) is 0. The molecule has 0 spiro atoms. The molecule has 1 aromatic rings. The van der Waals surface area contributed by atoms with E-state index in [4.69, 9.17) is 11.6 Å². The molecule has 0 aromatic carbocycles. The minimum atomic E-state index is -1.57. The summed E-state index contributed by atoms with van der Waals surface area (Å²) >= 11 is 4.04. The molecule has 0 aliphatic carbocycles. The number of aromatic nitrogens is 1. The molecule has 1 atom stereocenters. The van der Waals surface area contributed by atoms with Crippen molar-refractivity contribution in [3.8, 4) is 0 Å². The van der Waals surface area contributed by atoms with Crippen LogP contribution in [0.4, 0.5) is 8.78 Å². The molecule has 0 saturated heterocycles. The monoisotopic (exact) mass is 322 g/mol. The molecule has 1 aromatic heterocycles. The number of halogens is 3. The maximum atomic E-state index is 13.8. The van der Waals surface area contributed by atoms with Gasteiger partial charge in [0, 0.05) is 5.88 Å². The summed E-state index contributed by atoms with van der Waals surface area (Å²) in [4.78, 5) is 3.51. The molecule has 0 N–H and O–H groups in total. The van der Waals surface area contributed by atoms with Crippen molar-refractivity contribution in [2.45, 2.75) is 38.4 Å². The molecule has 0 saturated carbocycles. The average molecular weight is 323 g/mol. The molecule has 20 heavy (non-hydrogen) atoms. The Morgan fingerprint density at radius 3 is 2.60 bits per heavy atom. The van der Waals surface area contributed by atoms with Gasteiger partial charge in [-0.25, -0.2) is 9.37 Å². The first kappa shape index (κ1) is 17.3. The number of alkyl halides is 1. The van der Waals surface area contributed by atoms with Crippen LogP contribution in [0, 0.1) is 11.8 Å². The Morgan fingerprint density at radius 1 is 1.40 bits per heavy atom. The van der Waals surface area contributed by atoms with Gasteiger partial charge >= 0.3 is 0 Å². The lowest BCUT2D eigenvalue weighted by molar-refractivity contribution is 0.555. The predicted molar refractivity (Wildman–Crippen MR) is 78.5 cm³/mol. The van der Waals surface area contributed by atoms with E-state index in [1.54, 1.807) is 20.8 Å². The van der Waals surface area contributed by atoms with E-state index in [1.807, 2.05) is 0 Å². The van der Waals surface area contributed by atoms with Gasteiger partial charge in [0.1, 0.15) is 27.5 Å². The molecule has 0 amide bonds. The lowest BCUT2D eigenvalue weighted by Crippen LogP contribution is -2.27. The maximum Gasteiger partial charge on any atom is 0.213 e. The smallest absolute Gasteiger partial charge is 0.213 e. The summed E-state index contributed by atoms with van der Waals surface area (Å²) in [5.41, 5.74) is -0.0244. The van der Waals surface area contributed by atoms with Gasteiger partial charge in [0.05, 0.1) is 0 Å². The summed E-state index contributed by atoms with van der Waals surface area (Å²) in [5.74, 6) is -1.15. The molecule has 0 radical (unpaired) electrons. The Kier molecular flexibility index (Phi) is 6.36. The largest absolute Gasteiger partial charge is 0.591 e. The standard InChI is InChI=1S/C13H17ClF2N2OS/c1-13(2,3)20(19)18-10(5-4-8-14)12-9(15)6-7-11(16)17-12/h6-7H,4-5,8H2,1-3H3/t20-/m0/s1. The van der Waals surface area contributed by atoms with Crippen LogP contribution in [0.3, 0.4) is 0 Å². The summed E-state index contributed by atoms with van der Waals surface area (Å²) in [5, 5.41) is 0. The van der Waals surface area contributed by atoms with Gasteiger partial charge in [0.15, 0.2) is 5.82 Å². The second-order valence-electron chi connectivity index (χ2n) is 5.16. The van der Waals surface area contributed by atoms with Crippen LogP contribution < -0.4 is 0 Å². The van der Waals surface area contributed by atoms with E-state index in [-0.39, 0.29) is 11.4 Å². The number of rotatable bonds is 5. The topological polar surface area (TPSA) is 48.3 Å². The van der Waals surface area contributed by atoms with Crippen LogP contribution in [0.5, 0.6) is 0 Å². The molecular weight excluding hydrogens is 306 g/mol. The van der Waals surface area contributed by atoms with Crippen LogP contribution in [-0.2, 0) is 11.4 Å². The van der Waals surface area contributed by atoms with Gasteiger partial charge < -0.3 is 4.55 Å². The third kappa shape index (κ3) is 5.00. The van der Waals surface area contributed by atoms with E-state index < -0.39 is 27.9 Å². The van der Waals surface area contributed by atoms with Crippen molar-refractivity contribution in [3.05, 3.63) is 29.6 Å². The van der Waals surface area contributed by atoms with E-state index >= 15 is 0 Å². The first-order valence-corrected chi connectivity index (χ1v) is 7.77. The zero-order valence-electron chi connectivity index (χ0n) is 11.6. The molecule has 1 heterocycles. The number of pyridine rings is 1. The van der Waals surface area contributed by atoms with Crippen molar-refractivity contribution >= 4 is 28.7 Å². The highest BCUT2D eigenvalue weighted by molar-refractivity contribution is 7.91. The summed E-state index contributed by atoms with van der Waals surface area (Å²) in [6.45, 7) is 5.25. The Labute approximate surface area is 125 Å². The lowest BCUT2D eigenvalue weighted by atomic mass is 10.1. The van der Waals surface area contributed by atoms with Gasteiger partial charge in [-0.15, -0.1) is 11.6 Å². The first-order valence-electron chi connectivity index (χ1n) is 6.13. The lowest BCUT2D eigenvalue weighted by Gasteiger charge is -2.19. The van der Waals surface area contributed by atoms with Gasteiger partial charge in [-0.3, -0.25) is 0 Å². The zero-order chi connectivity index (χ0) is 15.3. The molecule has 0 unspecified atom stereocenters. The average Bonchev–Trinajstić information content (AvgIpc) is 2.36. The summed E-state index contributed by atoms with van der Waals surface area (Å²) in [6.07, 6.45) is 0.804. The predicted octanol–water partition coefficient (Wildman–Crippen LogP) is 3.63. The Balaban J connectivity index is 3.18. The Bertz CT molecular complexity index is 492. The van der Waals surface area contributed by atoms with E-state index in [0.717, 1.165) is 12.1 Å². The normalized spacial score (nSPS) is 14.4. The summed E-state index contributed by atoms with van der Waals surface area (Å²) < 4.78 is 42.4. The van der Waals surface area contributed by atoms with Gasteiger partial charge in [0.2, 0.25) is 5.95 Å². The van der Waals surface area contributed by atoms with E-state index in [0.29, 0.717) is 18.7 Å². The number of hydrogen-bond donors (Lipinski definition) is 0. The molecule has 0 fully saturated rings. The van der Waals surface area contributed by atoms with E-state index in [2.05, 4.69) is 9.38 Å². The molecule has 3 nitrogen and oxygen atoms in total. The zero-order valence-corrected chi connectivity index (χ0v) is 13.2. The fraction of sp³-hybridized carbons (Fsp3) is 0.538. The van der Waals surface area contributed by atoms with Crippen LogP contribution in [0.25, 0.3) is 0 Å². The number of nitrogens with zero attached hydrogens (tertiary/aromatic N) is 2. The molecule has 1 rings (SSSR count). The van der Waals surface area contributed by atoms with E-state index in [1.165, 1.54) is 0 Å². The minimum Gasteiger partial charge on any atom is -0.591 e. The Hall–Kier alpha value is -0.720. The molecular formula is C13H17ClF2N2OS. The second kappa shape index (κ2) is 7.33. The van der Waals surface area contributed by atoms with Crippen LogP contribution in [0.15, 0.2) is 16.5 Å². The van der Waals surface area contributed by atoms with Crippen molar-refractivity contribution in [2.24, 2.45) is 4.40 Å². The second-order valence-corrected chi connectivity index (χ2v) is 7.44.